The number of fused-ring (bicyclic) bond motifs is 1. The van der Waals surface area contributed by atoms with Gasteiger partial charge in [0.1, 0.15) is 11.3 Å². The van der Waals surface area contributed by atoms with Crippen molar-refractivity contribution in [2.45, 2.75) is 19.6 Å². The van der Waals surface area contributed by atoms with E-state index in [4.69, 9.17) is 10.2 Å². The quantitative estimate of drug-likeness (QED) is 0.857. The van der Waals surface area contributed by atoms with E-state index in [1.807, 2.05) is 13.8 Å². The van der Waals surface area contributed by atoms with Gasteiger partial charge in [0, 0.05) is 5.69 Å². The lowest BCUT2D eigenvalue weighted by Gasteiger charge is -2.03. The molecule has 1 aromatic heterocycles. The fraction of sp³-hybridized carbons (Fsp3) is 0.417. The van der Waals surface area contributed by atoms with E-state index >= 15 is 0 Å². The van der Waals surface area contributed by atoms with Gasteiger partial charge >= 0.3 is 0 Å². The molecule has 18 heavy (non-hydrogen) atoms. The minimum atomic E-state index is -3.18. The second-order valence-corrected chi connectivity index (χ2v) is 6.89. The van der Waals surface area contributed by atoms with Crippen molar-refractivity contribution in [3.8, 4) is 0 Å². The third-order valence-electron chi connectivity index (χ3n) is 2.39. The van der Waals surface area contributed by atoms with E-state index in [1.54, 1.807) is 18.2 Å². The molecule has 0 saturated heterocycles. The lowest BCUT2D eigenvalue weighted by molar-refractivity contribution is 0.536. The smallest absolute Gasteiger partial charge is 0.210 e. The summed E-state index contributed by atoms with van der Waals surface area (Å²) in [7, 11) is -3.18. The number of hydrogen-bond donors (Lipinski definition) is 1. The second kappa shape index (κ2) is 4.61. The molecule has 0 bridgehead atoms. The summed E-state index contributed by atoms with van der Waals surface area (Å²) < 4.78 is 29.1. The lowest BCUT2D eigenvalue weighted by Crippen LogP contribution is -2.13. The molecule has 0 aliphatic heterocycles. The Hall–Kier alpha value is -1.56. The molecule has 1 aromatic carbocycles. The van der Waals surface area contributed by atoms with Crippen LogP contribution >= 0.6 is 0 Å². The zero-order valence-corrected chi connectivity index (χ0v) is 11.2. The van der Waals surface area contributed by atoms with Crippen molar-refractivity contribution in [3.63, 3.8) is 0 Å². The molecule has 1 heterocycles. The monoisotopic (exact) mass is 268 g/mol. The van der Waals surface area contributed by atoms with Crippen LogP contribution < -0.4 is 5.73 Å². The average molecular weight is 268 g/mol. The summed E-state index contributed by atoms with van der Waals surface area (Å²) in [5.41, 5.74) is 7.34. The van der Waals surface area contributed by atoms with Gasteiger partial charge in [-0.2, -0.15) is 0 Å². The fourth-order valence-electron chi connectivity index (χ4n) is 1.81. The number of rotatable bonds is 4. The minimum Gasteiger partial charge on any atom is -0.440 e. The number of hydrogen-bond acceptors (Lipinski definition) is 5. The van der Waals surface area contributed by atoms with Crippen molar-refractivity contribution in [2.75, 3.05) is 11.5 Å². The first kappa shape index (κ1) is 12.9. The van der Waals surface area contributed by atoms with Crippen LogP contribution in [0, 0.1) is 5.92 Å². The van der Waals surface area contributed by atoms with Crippen LogP contribution in [-0.4, -0.2) is 19.2 Å². The van der Waals surface area contributed by atoms with Crippen LogP contribution in [0.25, 0.3) is 11.1 Å². The predicted molar refractivity (Wildman–Crippen MR) is 70.8 cm³/mol. The molecule has 0 aliphatic rings. The Morgan fingerprint density at radius 1 is 1.39 bits per heavy atom. The van der Waals surface area contributed by atoms with Gasteiger partial charge in [0.15, 0.2) is 15.4 Å². The van der Waals surface area contributed by atoms with Gasteiger partial charge in [0.25, 0.3) is 0 Å². The Bertz CT molecular complexity index is 659. The number of anilines is 1. The molecule has 0 fully saturated rings. The Kier molecular flexibility index (Phi) is 3.30. The van der Waals surface area contributed by atoms with Gasteiger partial charge < -0.3 is 10.2 Å². The van der Waals surface area contributed by atoms with Crippen molar-refractivity contribution in [1.82, 2.24) is 4.98 Å². The van der Waals surface area contributed by atoms with Gasteiger partial charge in [-0.3, -0.25) is 0 Å². The number of oxazole rings is 1. The third-order valence-corrected chi connectivity index (χ3v) is 4.25. The first-order valence-corrected chi connectivity index (χ1v) is 7.53. The van der Waals surface area contributed by atoms with Crippen molar-refractivity contribution in [3.05, 3.63) is 24.1 Å². The number of nitrogens with zero attached hydrogens (tertiary/aromatic N) is 1. The zero-order valence-electron chi connectivity index (χ0n) is 10.4. The summed E-state index contributed by atoms with van der Waals surface area (Å²) in [6.45, 7) is 3.73. The number of nitrogens with two attached hydrogens (primary N) is 1. The molecule has 2 aromatic rings. The molecule has 5 nitrogen and oxygen atoms in total. The molecule has 98 valence electrons. The molecule has 0 unspecified atom stereocenters. The van der Waals surface area contributed by atoms with Crippen molar-refractivity contribution < 1.29 is 12.8 Å². The average Bonchev–Trinajstić information content (AvgIpc) is 2.55. The Labute approximate surface area is 106 Å². The molecule has 2 N–H and O–H groups in total. The SMILES string of the molecule is CC(C)CS(=O)(=O)Cc1nc2cc(N)ccc2o1. The molecule has 6 heteroatoms. The topological polar surface area (TPSA) is 86.2 Å². The highest BCUT2D eigenvalue weighted by molar-refractivity contribution is 7.90. The highest BCUT2D eigenvalue weighted by atomic mass is 32.2. The van der Waals surface area contributed by atoms with Gasteiger partial charge in [0.2, 0.25) is 5.89 Å². The molecule has 2 rings (SSSR count). The first-order chi connectivity index (χ1) is 8.35. The molecule has 0 atom stereocenters. The van der Waals surface area contributed by atoms with E-state index in [0.29, 0.717) is 16.8 Å². The number of sulfone groups is 1. The van der Waals surface area contributed by atoms with Crippen LogP contribution in [0.5, 0.6) is 0 Å². The van der Waals surface area contributed by atoms with E-state index in [2.05, 4.69) is 4.98 Å². The maximum absolute atomic E-state index is 11.8. The highest BCUT2D eigenvalue weighted by Crippen LogP contribution is 2.20. The number of aromatic nitrogens is 1. The molecule has 0 aliphatic carbocycles. The van der Waals surface area contributed by atoms with Gasteiger partial charge in [-0.25, -0.2) is 13.4 Å². The van der Waals surface area contributed by atoms with Crippen molar-refractivity contribution in [2.24, 2.45) is 5.92 Å². The largest absolute Gasteiger partial charge is 0.440 e. The standard InChI is InChI=1S/C12H16N2O3S/c1-8(2)6-18(15,16)7-12-14-10-5-9(13)3-4-11(10)17-12/h3-5,8H,6-7,13H2,1-2H3. The predicted octanol–water partition coefficient (Wildman–Crippen LogP) is 1.98. The maximum Gasteiger partial charge on any atom is 0.210 e. The van der Waals surface area contributed by atoms with E-state index in [1.165, 1.54) is 0 Å². The lowest BCUT2D eigenvalue weighted by atomic mass is 10.3. The Morgan fingerprint density at radius 3 is 2.78 bits per heavy atom. The number of benzene rings is 1. The molecule has 0 radical (unpaired) electrons. The maximum atomic E-state index is 11.8. The van der Waals surface area contributed by atoms with E-state index < -0.39 is 9.84 Å². The van der Waals surface area contributed by atoms with Crippen molar-refractivity contribution in [1.29, 1.82) is 0 Å². The van der Waals surface area contributed by atoms with E-state index in [-0.39, 0.29) is 23.3 Å². The Morgan fingerprint density at radius 2 is 2.11 bits per heavy atom. The summed E-state index contributed by atoms with van der Waals surface area (Å²) >= 11 is 0. The fourth-order valence-corrected chi connectivity index (χ4v) is 3.44. The number of nitrogen functional groups attached to an aromatic ring is 1. The molecular weight excluding hydrogens is 252 g/mol. The highest BCUT2D eigenvalue weighted by Gasteiger charge is 2.18. The summed E-state index contributed by atoms with van der Waals surface area (Å²) in [6.07, 6.45) is 0. The van der Waals surface area contributed by atoms with E-state index in [9.17, 15) is 8.42 Å². The van der Waals surface area contributed by atoms with Crippen LogP contribution in [0.2, 0.25) is 0 Å². The third kappa shape index (κ3) is 3.01. The summed E-state index contributed by atoms with van der Waals surface area (Å²) in [4.78, 5) is 4.14. The second-order valence-electron chi connectivity index (χ2n) is 4.78. The van der Waals surface area contributed by atoms with Crippen LogP contribution in [-0.2, 0) is 15.6 Å². The van der Waals surface area contributed by atoms with Gasteiger partial charge in [0.05, 0.1) is 5.75 Å². The Balaban J connectivity index is 2.27. The summed E-state index contributed by atoms with van der Waals surface area (Å²) in [5, 5.41) is 0. The summed E-state index contributed by atoms with van der Waals surface area (Å²) in [6, 6.07) is 5.05. The zero-order chi connectivity index (χ0) is 13.3. The van der Waals surface area contributed by atoms with Crippen LogP contribution in [0.3, 0.4) is 0 Å². The summed E-state index contributed by atoms with van der Waals surface area (Å²) in [5.74, 6) is 0.277. The van der Waals surface area contributed by atoms with Crippen LogP contribution in [0.1, 0.15) is 19.7 Å². The van der Waals surface area contributed by atoms with E-state index in [0.717, 1.165) is 0 Å². The molecule has 0 spiro atoms. The van der Waals surface area contributed by atoms with Crippen LogP contribution in [0.15, 0.2) is 22.6 Å². The molecule has 0 saturated carbocycles. The minimum absolute atomic E-state index is 0.0926. The van der Waals surface area contributed by atoms with Gasteiger partial charge in [-0.1, -0.05) is 13.8 Å². The van der Waals surface area contributed by atoms with Crippen LogP contribution in [0.4, 0.5) is 5.69 Å². The molecular formula is C12H16N2O3S. The van der Waals surface area contributed by atoms with Crippen molar-refractivity contribution >= 4 is 26.6 Å². The normalized spacial score (nSPS) is 12.4. The molecule has 0 amide bonds. The van der Waals surface area contributed by atoms with Gasteiger partial charge in [-0.05, 0) is 24.1 Å². The first-order valence-electron chi connectivity index (χ1n) is 5.71. The van der Waals surface area contributed by atoms with Gasteiger partial charge in [-0.15, -0.1) is 0 Å².